The van der Waals surface area contributed by atoms with Crippen molar-refractivity contribution in [3.05, 3.63) is 112 Å². The van der Waals surface area contributed by atoms with Crippen molar-refractivity contribution in [3.63, 3.8) is 0 Å². The van der Waals surface area contributed by atoms with Crippen molar-refractivity contribution < 1.29 is 9.52 Å². The lowest BCUT2D eigenvalue weighted by molar-refractivity contribution is 0.471. The molecule has 1 aromatic heterocycles. The van der Waals surface area contributed by atoms with Gasteiger partial charge in [0.1, 0.15) is 11.3 Å². The molecule has 0 aliphatic rings. The van der Waals surface area contributed by atoms with E-state index in [4.69, 9.17) is 9.40 Å². The minimum absolute atomic E-state index is 0.176. The standard InChI is InChI=1S/C31H27BrN2O2/c1-3-20(2)24-11-14-29-28(18-24)34-31(36-29)23-9-12-26(13-10-23)33-19-25-16-22(17-27(32)30(25)35)15-21-7-5-4-6-8-21/h4-14,16-20,35H,3,15H2,1-2H3. The molecule has 0 aliphatic carbocycles. The van der Waals surface area contributed by atoms with Crippen LogP contribution in [0.3, 0.4) is 0 Å². The molecule has 1 atom stereocenters. The summed E-state index contributed by atoms with van der Waals surface area (Å²) in [5.74, 6) is 1.26. The zero-order valence-electron chi connectivity index (χ0n) is 20.3. The molecule has 4 aromatic carbocycles. The van der Waals surface area contributed by atoms with Gasteiger partial charge < -0.3 is 9.52 Å². The van der Waals surface area contributed by atoms with Crippen LogP contribution in [0.5, 0.6) is 5.75 Å². The average molecular weight is 539 g/mol. The molecule has 0 amide bonds. The lowest BCUT2D eigenvalue weighted by atomic mass is 9.98. The van der Waals surface area contributed by atoms with Crippen molar-refractivity contribution >= 4 is 38.9 Å². The summed E-state index contributed by atoms with van der Waals surface area (Å²) in [5, 5.41) is 10.5. The van der Waals surface area contributed by atoms with Gasteiger partial charge in [-0.1, -0.05) is 50.2 Å². The SMILES string of the molecule is CCC(C)c1ccc2oc(-c3ccc(N=Cc4cc(Cc5ccccc5)cc(Br)c4O)cc3)nc2c1. The molecule has 1 unspecified atom stereocenters. The number of phenolic OH excluding ortho intramolecular Hbond substituents is 1. The number of rotatable bonds is 7. The van der Waals surface area contributed by atoms with Crippen molar-refractivity contribution in [2.45, 2.75) is 32.6 Å². The van der Waals surface area contributed by atoms with Crippen molar-refractivity contribution in [1.29, 1.82) is 0 Å². The van der Waals surface area contributed by atoms with E-state index < -0.39 is 0 Å². The van der Waals surface area contributed by atoms with Gasteiger partial charge in [-0.15, -0.1) is 0 Å². The Balaban J connectivity index is 1.35. The molecule has 1 N–H and O–H groups in total. The van der Waals surface area contributed by atoms with Crippen molar-refractivity contribution in [2.75, 3.05) is 0 Å². The smallest absolute Gasteiger partial charge is 0.227 e. The highest BCUT2D eigenvalue weighted by atomic mass is 79.9. The number of nitrogens with zero attached hydrogens (tertiary/aromatic N) is 2. The van der Waals surface area contributed by atoms with Gasteiger partial charge in [-0.3, -0.25) is 4.99 Å². The number of fused-ring (bicyclic) bond motifs is 1. The summed E-state index contributed by atoms with van der Waals surface area (Å²) in [4.78, 5) is 9.29. The van der Waals surface area contributed by atoms with E-state index in [-0.39, 0.29) is 5.75 Å². The summed E-state index contributed by atoms with van der Waals surface area (Å²) in [6.07, 6.45) is 3.56. The van der Waals surface area contributed by atoms with E-state index in [0.29, 0.717) is 21.8 Å². The summed E-state index contributed by atoms with van der Waals surface area (Å²) in [6.45, 7) is 4.41. The number of hydrogen-bond acceptors (Lipinski definition) is 4. The van der Waals surface area contributed by atoms with Crippen molar-refractivity contribution in [1.82, 2.24) is 4.98 Å². The Morgan fingerprint density at radius 3 is 2.50 bits per heavy atom. The van der Waals surface area contributed by atoms with Crippen LogP contribution in [-0.4, -0.2) is 16.3 Å². The molecule has 0 radical (unpaired) electrons. The molecule has 36 heavy (non-hydrogen) atoms. The number of aromatic nitrogens is 1. The van der Waals surface area contributed by atoms with Crippen molar-refractivity contribution in [3.8, 4) is 17.2 Å². The monoisotopic (exact) mass is 538 g/mol. The third-order valence-corrected chi connectivity index (χ3v) is 7.07. The van der Waals surface area contributed by atoms with E-state index in [1.54, 1.807) is 6.21 Å². The summed E-state index contributed by atoms with van der Waals surface area (Å²) in [5.41, 5.74) is 7.58. The van der Waals surface area contributed by atoms with E-state index in [2.05, 4.69) is 59.0 Å². The molecule has 0 saturated heterocycles. The fraction of sp³-hybridized carbons (Fsp3) is 0.161. The van der Waals surface area contributed by atoms with Gasteiger partial charge in [0.15, 0.2) is 5.58 Å². The van der Waals surface area contributed by atoms with E-state index in [1.165, 1.54) is 11.1 Å². The van der Waals surface area contributed by atoms with Gasteiger partial charge in [-0.2, -0.15) is 0 Å². The highest BCUT2D eigenvalue weighted by Gasteiger charge is 2.11. The second kappa shape index (κ2) is 10.5. The lowest BCUT2D eigenvalue weighted by Gasteiger charge is -2.07. The third kappa shape index (κ3) is 5.26. The maximum Gasteiger partial charge on any atom is 0.227 e. The van der Waals surface area contributed by atoms with E-state index in [0.717, 1.165) is 40.8 Å². The topological polar surface area (TPSA) is 58.6 Å². The van der Waals surface area contributed by atoms with E-state index in [9.17, 15) is 5.11 Å². The first-order valence-electron chi connectivity index (χ1n) is 12.1. The molecule has 5 heteroatoms. The largest absolute Gasteiger partial charge is 0.506 e. The first kappa shape index (κ1) is 24.0. The van der Waals surface area contributed by atoms with Crippen molar-refractivity contribution in [2.24, 2.45) is 4.99 Å². The highest BCUT2D eigenvalue weighted by molar-refractivity contribution is 9.10. The first-order valence-corrected chi connectivity index (χ1v) is 12.9. The van der Waals surface area contributed by atoms with Gasteiger partial charge in [0, 0.05) is 17.3 Å². The second-order valence-electron chi connectivity index (χ2n) is 9.04. The number of halogens is 1. The van der Waals surface area contributed by atoms with Crippen LogP contribution in [0.1, 0.15) is 48.4 Å². The van der Waals surface area contributed by atoms with Crippen LogP contribution in [0, 0.1) is 0 Å². The van der Waals surface area contributed by atoms with Gasteiger partial charge in [0.25, 0.3) is 0 Å². The molecular weight excluding hydrogens is 512 g/mol. The zero-order valence-corrected chi connectivity index (χ0v) is 21.9. The third-order valence-electron chi connectivity index (χ3n) is 6.46. The van der Waals surface area contributed by atoms with Crippen LogP contribution >= 0.6 is 15.9 Å². The van der Waals surface area contributed by atoms with Crippen LogP contribution in [-0.2, 0) is 6.42 Å². The number of phenols is 1. The normalized spacial score (nSPS) is 12.4. The molecular formula is C31H27BrN2O2. The Kier molecular flexibility index (Phi) is 7.01. The fourth-order valence-corrected chi connectivity index (χ4v) is 4.68. The van der Waals surface area contributed by atoms with Gasteiger partial charge in [-0.05, 0) is 99.9 Å². The Hall–Kier alpha value is -3.70. The summed E-state index contributed by atoms with van der Waals surface area (Å²) < 4.78 is 6.65. The number of benzene rings is 4. The molecule has 0 fully saturated rings. The molecule has 0 spiro atoms. The number of aromatic hydroxyl groups is 1. The van der Waals surface area contributed by atoms with Crippen LogP contribution in [0.15, 0.2) is 98.8 Å². The predicted molar refractivity (Wildman–Crippen MR) is 150 cm³/mol. The molecule has 5 rings (SSSR count). The molecule has 0 bridgehead atoms. The number of aliphatic imine (C=N–C) groups is 1. The maximum atomic E-state index is 10.5. The van der Waals surface area contributed by atoms with Gasteiger partial charge >= 0.3 is 0 Å². The summed E-state index contributed by atoms with van der Waals surface area (Å²) in [6, 6.07) is 28.2. The quantitative estimate of drug-likeness (QED) is 0.210. The minimum Gasteiger partial charge on any atom is -0.506 e. The lowest BCUT2D eigenvalue weighted by Crippen LogP contribution is -1.92. The average Bonchev–Trinajstić information content (AvgIpc) is 3.34. The van der Waals surface area contributed by atoms with Gasteiger partial charge in [0.2, 0.25) is 5.89 Å². The molecule has 180 valence electrons. The Morgan fingerprint density at radius 1 is 0.972 bits per heavy atom. The summed E-state index contributed by atoms with van der Waals surface area (Å²) >= 11 is 3.47. The van der Waals surface area contributed by atoms with Crippen LogP contribution < -0.4 is 0 Å². The highest BCUT2D eigenvalue weighted by Crippen LogP contribution is 2.31. The molecule has 0 saturated carbocycles. The van der Waals surface area contributed by atoms with E-state index in [1.807, 2.05) is 60.7 Å². The van der Waals surface area contributed by atoms with Crippen LogP contribution in [0.25, 0.3) is 22.6 Å². The molecule has 5 aromatic rings. The fourth-order valence-electron chi connectivity index (χ4n) is 4.16. The van der Waals surface area contributed by atoms with Gasteiger partial charge in [0.05, 0.1) is 10.2 Å². The molecule has 1 heterocycles. The minimum atomic E-state index is 0.176. The summed E-state index contributed by atoms with van der Waals surface area (Å²) in [7, 11) is 0. The zero-order chi connectivity index (χ0) is 25.1. The number of hydrogen-bond donors (Lipinski definition) is 1. The number of oxazole rings is 1. The van der Waals surface area contributed by atoms with E-state index >= 15 is 0 Å². The maximum absolute atomic E-state index is 10.5. The first-order chi connectivity index (χ1) is 17.5. The van der Waals surface area contributed by atoms with Gasteiger partial charge in [-0.25, -0.2) is 4.98 Å². The molecule has 4 nitrogen and oxygen atoms in total. The Bertz CT molecular complexity index is 1520. The second-order valence-corrected chi connectivity index (χ2v) is 9.89. The Morgan fingerprint density at radius 2 is 1.75 bits per heavy atom. The van der Waals surface area contributed by atoms with Crippen LogP contribution in [0.4, 0.5) is 5.69 Å². The van der Waals surface area contributed by atoms with Crippen LogP contribution in [0.2, 0.25) is 0 Å². The Labute approximate surface area is 219 Å². The molecule has 0 aliphatic heterocycles. The predicted octanol–water partition coefficient (Wildman–Crippen LogP) is 8.82.